The van der Waals surface area contributed by atoms with Crippen LogP contribution in [0.5, 0.6) is 0 Å². The predicted octanol–water partition coefficient (Wildman–Crippen LogP) is 3.67. The molecule has 98 valence electrons. The van der Waals surface area contributed by atoms with E-state index in [4.69, 9.17) is 0 Å². The zero-order valence-corrected chi connectivity index (χ0v) is 11.5. The Morgan fingerprint density at radius 1 is 1.35 bits per heavy atom. The van der Waals surface area contributed by atoms with Crippen molar-refractivity contribution in [3.05, 3.63) is 12.2 Å². The van der Waals surface area contributed by atoms with Gasteiger partial charge in [0, 0.05) is 12.5 Å². The molecule has 17 heavy (non-hydrogen) atoms. The van der Waals surface area contributed by atoms with Crippen LogP contribution >= 0.6 is 0 Å². The van der Waals surface area contributed by atoms with Gasteiger partial charge in [-0.1, -0.05) is 38.8 Å². The van der Waals surface area contributed by atoms with E-state index >= 15 is 0 Å². The van der Waals surface area contributed by atoms with Gasteiger partial charge in [0.1, 0.15) is 0 Å². The van der Waals surface area contributed by atoms with Gasteiger partial charge in [0.2, 0.25) is 5.91 Å². The van der Waals surface area contributed by atoms with Gasteiger partial charge in [0.15, 0.2) is 0 Å². The molecule has 0 radical (unpaired) electrons. The lowest BCUT2D eigenvalue weighted by Crippen LogP contribution is -2.33. The molecule has 0 heterocycles. The Labute approximate surface area is 106 Å². The number of allylic oxidation sites excluding steroid dienone is 2. The molecule has 1 aliphatic rings. The molecule has 0 spiro atoms. The number of hydrogen-bond acceptors (Lipinski definition) is 1. The van der Waals surface area contributed by atoms with Gasteiger partial charge in [0.25, 0.3) is 0 Å². The molecule has 1 N–H and O–H groups in total. The smallest absolute Gasteiger partial charge is 0.220 e. The second-order valence-electron chi connectivity index (χ2n) is 5.76. The lowest BCUT2D eigenvalue weighted by molar-refractivity contribution is -0.122. The Morgan fingerprint density at radius 3 is 2.71 bits per heavy atom. The van der Waals surface area contributed by atoms with Crippen molar-refractivity contribution >= 4 is 5.91 Å². The van der Waals surface area contributed by atoms with Crippen LogP contribution in [0.25, 0.3) is 0 Å². The van der Waals surface area contributed by atoms with Crippen LogP contribution in [0.2, 0.25) is 0 Å². The Bertz CT molecular complexity index is 258. The quantitative estimate of drug-likeness (QED) is 0.672. The highest BCUT2D eigenvalue weighted by Gasteiger charge is 2.15. The Kier molecular flexibility index (Phi) is 6.31. The maximum Gasteiger partial charge on any atom is 0.220 e. The molecule has 0 saturated heterocycles. The number of amides is 1. The molecule has 2 heteroatoms. The van der Waals surface area contributed by atoms with Crippen molar-refractivity contribution < 1.29 is 4.79 Å². The minimum atomic E-state index is 0.221. The van der Waals surface area contributed by atoms with Crippen LogP contribution in [-0.2, 0) is 4.79 Å². The topological polar surface area (TPSA) is 29.1 Å². The summed E-state index contributed by atoms with van der Waals surface area (Å²) in [4.78, 5) is 11.8. The van der Waals surface area contributed by atoms with E-state index in [9.17, 15) is 4.79 Å². The molecule has 2 unspecified atom stereocenters. The Balaban J connectivity index is 2.10. The lowest BCUT2D eigenvalue weighted by atomic mass is 10.0. The second-order valence-corrected chi connectivity index (χ2v) is 5.76. The summed E-state index contributed by atoms with van der Waals surface area (Å²) < 4.78 is 0. The number of carbonyl (C=O) groups excluding carboxylic acids is 1. The Hall–Kier alpha value is -0.790. The second kappa shape index (κ2) is 7.52. The highest BCUT2D eigenvalue weighted by Crippen LogP contribution is 2.20. The Morgan fingerprint density at radius 2 is 2.12 bits per heavy atom. The first-order valence-electron chi connectivity index (χ1n) is 7.04. The van der Waals surface area contributed by atoms with Crippen molar-refractivity contribution in [3.63, 3.8) is 0 Å². The van der Waals surface area contributed by atoms with Crippen molar-refractivity contribution in [1.29, 1.82) is 0 Å². The van der Waals surface area contributed by atoms with Crippen LogP contribution in [0.3, 0.4) is 0 Å². The van der Waals surface area contributed by atoms with E-state index < -0.39 is 0 Å². The average molecular weight is 237 g/mol. The minimum Gasteiger partial charge on any atom is -0.354 e. The third-order valence-corrected chi connectivity index (χ3v) is 3.39. The molecule has 1 rings (SSSR count). The summed E-state index contributed by atoms with van der Waals surface area (Å²) in [6.07, 6.45) is 10.9. The number of hydrogen-bond donors (Lipinski definition) is 1. The monoisotopic (exact) mass is 237 g/mol. The molecule has 1 amide bonds. The molecule has 0 aromatic rings. The maximum absolute atomic E-state index is 11.8. The zero-order valence-electron chi connectivity index (χ0n) is 11.5. The van der Waals surface area contributed by atoms with Gasteiger partial charge in [-0.3, -0.25) is 4.79 Å². The van der Waals surface area contributed by atoms with Gasteiger partial charge in [-0.25, -0.2) is 0 Å². The third-order valence-electron chi connectivity index (χ3n) is 3.39. The fourth-order valence-electron chi connectivity index (χ4n) is 2.34. The number of rotatable bonds is 7. The van der Waals surface area contributed by atoms with E-state index in [-0.39, 0.29) is 5.91 Å². The van der Waals surface area contributed by atoms with Crippen LogP contribution in [0, 0.1) is 11.8 Å². The van der Waals surface area contributed by atoms with Crippen molar-refractivity contribution in [2.75, 3.05) is 0 Å². The van der Waals surface area contributed by atoms with Gasteiger partial charge in [-0.05, 0) is 38.0 Å². The van der Waals surface area contributed by atoms with Crippen LogP contribution in [-0.4, -0.2) is 11.9 Å². The lowest BCUT2D eigenvalue weighted by Gasteiger charge is -2.15. The first-order valence-corrected chi connectivity index (χ1v) is 7.04. The van der Waals surface area contributed by atoms with Crippen LogP contribution in [0.4, 0.5) is 0 Å². The number of nitrogens with one attached hydrogen (secondary N) is 1. The van der Waals surface area contributed by atoms with Crippen LogP contribution < -0.4 is 5.32 Å². The fourth-order valence-corrected chi connectivity index (χ4v) is 2.34. The summed E-state index contributed by atoms with van der Waals surface area (Å²) in [5, 5.41) is 3.11. The van der Waals surface area contributed by atoms with E-state index in [0.29, 0.717) is 18.4 Å². The first-order chi connectivity index (χ1) is 8.08. The molecular weight excluding hydrogens is 210 g/mol. The van der Waals surface area contributed by atoms with Crippen molar-refractivity contribution in [2.45, 2.75) is 65.3 Å². The third kappa shape index (κ3) is 6.50. The normalized spacial score (nSPS) is 20.8. The van der Waals surface area contributed by atoms with E-state index in [1.54, 1.807) is 0 Å². The number of carbonyl (C=O) groups is 1. The van der Waals surface area contributed by atoms with E-state index in [0.717, 1.165) is 25.2 Å². The summed E-state index contributed by atoms with van der Waals surface area (Å²) in [7, 11) is 0. The highest BCUT2D eigenvalue weighted by molar-refractivity contribution is 5.76. The summed E-state index contributed by atoms with van der Waals surface area (Å²) in [6.45, 7) is 6.61. The molecule has 0 saturated carbocycles. The molecular formula is C15H27NO. The molecule has 0 fully saturated rings. The molecule has 2 nitrogen and oxygen atoms in total. The van der Waals surface area contributed by atoms with Crippen molar-refractivity contribution in [2.24, 2.45) is 11.8 Å². The maximum atomic E-state index is 11.8. The first kappa shape index (κ1) is 14.3. The molecule has 2 atom stereocenters. The van der Waals surface area contributed by atoms with Crippen molar-refractivity contribution in [3.8, 4) is 0 Å². The van der Waals surface area contributed by atoms with Gasteiger partial charge >= 0.3 is 0 Å². The largest absolute Gasteiger partial charge is 0.354 e. The van der Waals surface area contributed by atoms with Gasteiger partial charge < -0.3 is 5.32 Å². The van der Waals surface area contributed by atoms with E-state index in [1.807, 2.05) is 0 Å². The summed E-state index contributed by atoms with van der Waals surface area (Å²) in [5.74, 6) is 1.47. The van der Waals surface area contributed by atoms with Crippen LogP contribution in [0.1, 0.15) is 59.3 Å². The van der Waals surface area contributed by atoms with Gasteiger partial charge in [0.05, 0.1) is 0 Å². The van der Waals surface area contributed by atoms with Gasteiger partial charge in [-0.15, -0.1) is 0 Å². The standard InChI is InChI=1S/C15H27NO/c1-12(2)7-6-8-13(3)16-15(17)11-14-9-4-5-10-14/h4,9,12-14H,5-8,10-11H2,1-3H3,(H,16,17). The molecule has 0 aromatic heterocycles. The van der Waals surface area contributed by atoms with E-state index in [2.05, 4.69) is 38.2 Å². The summed E-state index contributed by atoms with van der Waals surface area (Å²) in [5.41, 5.74) is 0. The predicted molar refractivity (Wildman–Crippen MR) is 72.8 cm³/mol. The van der Waals surface area contributed by atoms with Crippen molar-refractivity contribution in [1.82, 2.24) is 5.32 Å². The summed E-state index contributed by atoms with van der Waals surface area (Å²) >= 11 is 0. The highest BCUT2D eigenvalue weighted by atomic mass is 16.1. The minimum absolute atomic E-state index is 0.221. The van der Waals surface area contributed by atoms with Crippen LogP contribution in [0.15, 0.2) is 12.2 Å². The molecule has 0 aliphatic heterocycles. The van der Waals surface area contributed by atoms with Gasteiger partial charge in [-0.2, -0.15) is 0 Å². The fraction of sp³-hybridized carbons (Fsp3) is 0.800. The summed E-state index contributed by atoms with van der Waals surface area (Å²) in [6, 6.07) is 0.326. The molecule has 1 aliphatic carbocycles. The zero-order chi connectivity index (χ0) is 12.7. The van der Waals surface area contributed by atoms with E-state index in [1.165, 1.54) is 12.8 Å². The molecule has 0 aromatic carbocycles. The average Bonchev–Trinajstić information content (AvgIpc) is 2.69. The SMILES string of the molecule is CC(C)CCCC(C)NC(=O)CC1C=CCC1. The molecule has 0 bridgehead atoms.